The number of anilines is 1. The van der Waals surface area contributed by atoms with Gasteiger partial charge in [-0.05, 0) is 24.3 Å². The highest BCUT2D eigenvalue weighted by atomic mass is 16.6. The molecule has 1 aromatic rings. The molecule has 0 saturated heterocycles. The molecule has 1 N–H and O–H groups in total. The standard InChI is InChI=1S/C21H33NO9/c1-18(23)22-19-3-5-20(6-4-19)31-16-15-29-12-11-27-8-7-26-9-10-28-13-14-30-17-21(24)25-2/h3-6H,7-17H2,1-2H3,(H,22,23). The van der Waals surface area contributed by atoms with Gasteiger partial charge in [-0.25, -0.2) is 4.79 Å². The highest BCUT2D eigenvalue weighted by molar-refractivity contribution is 5.88. The van der Waals surface area contributed by atoms with Crippen molar-refractivity contribution in [2.75, 3.05) is 85.1 Å². The van der Waals surface area contributed by atoms with Crippen LogP contribution in [-0.2, 0) is 38.0 Å². The predicted octanol–water partition coefficient (Wildman–Crippen LogP) is 1.28. The summed E-state index contributed by atoms with van der Waals surface area (Å²) in [6.07, 6.45) is 0. The van der Waals surface area contributed by atoms with Crippen molar-refractivity contribution in [2.45, 2.75) is 6.92 Å². The van der Waals surface area contributed by atoms with Crippen molar-refractivity contribution in [1.82, 2.24) is 0 Å². The number of carbonyl (C=O) groups excluding carboxylic acids is 2. The first kappa shape index (κ1) is 26.8. The molecule has 0 bridgehead atoms. The lowest BCUT2D eigenvalue weighted by molar-refractivity contribution is -0.146. The Labute approximate surface area is 183 Å². The van der Waals surface area contributed by atoms with Crippen molar-refractivity contribution in [1.29, 1.82) is 0 Å². The zero-order chi connectivity index (χ0) is 22.6. The number of amides is 1. The maximum atomic E-state index is 11.0. The third-order valence-corrected chi connectivity index (χ3v) is 3.61. The number of methoxy groups -OCH3 is 1. The molecule has 10 nitrogen and oxygen atoms in total. The fourth-order valence-electron chi connectivity index (χ4n) is 2.15. The monoisotopic (exact) mass is 443 g/mol. The van der Waals surface area contributed by atoms with Crippen LogP contribution >= 0.6 is 0 Å². The second-order valence-corrected chi connectivity index (χ2v) is 6.13. The quantitative estimate of drug-likeness (QED) is 0.250. The number of carbonyl (C=O) groups is 2. The van der Waals surface area contributed by atoms with Gasteiger partial charge in [0, 0.05) is 12.6 Å². The average molecular weight is 443 g/mol. The van der Waals surface area contributed by atoms with Crippen molar-refractivity contribution < 1.29 is 42.7 Å². The van der Waals surface area contributed by atoms with Crippen LogP contribution in [-0.4, -0.2) is 91.7 Å². The number of rotatable bonds is 19. The first-order valence-electron chi connectivity index (χ1n) is 10.1. The number of benzene rings is 1. The SMILES string of the molecule is COC(=O)COCCOCCOCCOCCOCCOc1ccc(NC(C)=O)cc1. The van der Waals surface area contributed by atoms with Crippen LogP contribution in [0.1, 0.15) is 6.92 Å². The fraction of sp³-hybridized carbons (Fsp3) is 0.619. The van der Waals surface area contributed by atoms with E-state index in [9.17, 15) is 9.59 Å². The average Bonchev–Trinajstić information content (AvgIpc) is 2.76. The van der Waals surface area contributed by atoms with Gasteiger partial charge in [-0.2, -0.15) is 0 Å². The summed E-state index contributed by atoms with van der Waals surface area (Å²) < 4.78 is 36.5. The van der Waals surface area contributed by atoms with E-state index < -0.39 is 5.97 Å². The van der Waals surface area contributed by atoms with Gasteiger partial charge in [-0.3, -0.25) is 4.79 Å². The van der Waals surface area contributed by atoms with E-state index in [2.05, 4.69) is 10.1 Å². The number of ether oxygens (including phenoxy) is 7. The summed E-state index contributed by atoms with van der Waals surface area (Å²) in [7, 11) is 1.31. The Morgan fingerprint density at radius 1 is 0.710 bits per heavy atom. The minimum Gasteiger partial charge on any atom is -0.491 e. The third-order valence-electron chi connectivity index (χ3n) is 3.61. The second kappa shape index (κ2) is 18.5. The highest BCUT2D eigenvalue weighted by Gasteiger charge is 1.99. The fourth-order valence-corrected chi connectivity index (χ4v) is 2.15. The van der Waals surface area contributed by atoms with E-state index in [0.29, 0.717) is 71.8 Å². The number of hydrogen-bond donors (Lipinski definition) is 1. The van der Waals surface area contributed by atoms with Crippen molar-refractivity contribution in [2.24, 2.45) is 0 Å². The van der Waals surface area contributed by atoms with Crippen molar-refractivity contribution in [3.05, 3.63) is 24.3 Å². The molecule has 0 aromatic heterocycles. The van der Waals surface area contributed by atoms with Crippen LogP contribution in [0.25, 0.3) is 0 Å². The lowest BCUT2D eigenvalue weighted by atomic mass is 10.3. The largest absolute Gasteiger partial charge is 0.491 e. The first-order valence-corrected chi connectivity index (χ1v) is 10.1. The highest BCUT2D eigenvalue weighted by Crippen LogP contribution is 2.15. The lowest BCUT2D eigenvalue weighted by Crippen LogP contribution is -2.15. The van der Waals surface area contributed by atoms with Crippen molar-refractivity contribution in [3.8, 4) is 5.75 Å². The molecule has 0 unspecified atom stereocenters. The molecule has 0 heterocycles. The first-order chi connectivity index (χ1) is 15.1. The Bertz CT molecular complexity index is 595. The Kier molecular flexibility index (Phi) is 16.0. The molecule has 0 saturated carbocycles. The second-order valence-electron chi connectivity index (χ2n) is 6.13. The Morgan fingerprint density at radius 2 is 1.16 bits per heavy atom. The number of hydrogen-bond acceptors (Lipinski definition) is 9. The van der Waals surface area contributed by atoms with E-state index in [-0.39, 0.29) is 12.5 Å². The molecule has 0 atom stereocenters. The van der Waals surface area contributed by atoms with Crippen molar-refractivity contribution in [3.63, 3.8) is 0 Å². The molecule has 1 rings (SSSR count). The van der Waals surface area contributed by atoms with Gasteiger partial charge >= 0.3 is 5.97 Å². The number of esters is 1. The third kappa shape index (κ3) is 16.2. The Balaban J connectivity index is 1.80. The maximum Gasteiger partial charge on any atom is 0.331 e. The predicted molar refractivity (Wildman–Crippen MR) is 112 cm³/mol. The molecule has 0 radical (unpaired) electrons. The van der Waals surface area contributed by atoms with Crippen molar-refractivity contribution >= 4 is 17.6 Å². The van der Waals surface area contributed by atoms with E-state index in [0.717, 1.165) is 5.69 Å². The summed E-state index contributed by atoms with van der Waals surface area (Å²) in [5.41, 5.74) is 0.729. The summed E-state index contributed by atoms with van der Waals surface area (Å²) in [6.45, 7) is 5.79. The van der Waals surface area contributed by atoms with Crippen LogP contribution in [0.5, 0.6) is 5.75 Å². The minimum atomic E-state index is -0.409. The lowest BCUT2D eigenvalue weighted by Gasteiger charge is -2.09. The molecule has 0 spiro atoms. The van der Waals surface area contributed by atoms with Crippen LogP contribution in [0.2, 0.25) is 0 Å². The van der Waals surface area contributed by atoms with Gasteiger partial charge in [0.25, 0.3) is 0 Å². The van der Waals surface area contributed by atoms with Gasteiger partial charge in [-0.15, -0.1) is 0 Å². The normalized spacial score (nSPS) is 10.6. The molecule has 0 aliphatic carbocycles. The van der Waals surface area contributed by atoms with Gasteiger partial charge in [0.15, 0.2) is 0 Å². The molecule has 1 aromatic carbocycles. The van der Waals surface area contributed by atoms with Gasteiger partial charge in [0.2, 0.25) is 5.91 Å². The zero-order valence-corrected chi connectivity index (χ0v) is 18.3. The molecule has 176 valence electrons. The molecular formula is C21H33NO9. The zero-order valence-electron chi connectivity index (χ0n) is 18.3. The van der Waals surface area contributed by atoms with E-state index in [1.807, 2.05) is 0 Å². The van der Waals surface area contributed by atoms with Crippen LogP contribution in [0.15, 0.2) is 24.3 Å². The molecule has 0 fully saturated rings. The van der Waals surface area contributed by atoms with Gasteiger partial charge in [0.05, 0.1) is 66.6 Å². The maximum absolute atomic E-state index is 11.0. The summed E-state index contributed by atoms with van der Waals surface area (Å²) in [5, 5.41) is 2.70. The van der Waals surface area contributed by atoms with E-state index in [1.54, 1.807) is 24.3 Å². The molecule has 0 aliphatic rings. The summed E-state index contributed by atoms with van der Waals surface area (Å²) in [5.74, 6) is 0.193. The van der Waals surface area contributed by atoms with Gasteiger partial charge < -0.3 is 38.5 Å². The minimum absolute atomic E-state index is 0.0701. The molecule has 10 heteroatoms. The van der Waals surface area contributed by atoms with E-state index in [4.69, 9.17) is 28.4 Å². The smallest absolute Gasteiger partial charge is 0.331 e. The van der Waals surface area contributed by atoms with Crippen LogP contribution in [0.3, 0.4) is 0 Å². The Hall–Kier alpha value is -2.24. The van der Waals surface area contributed by atoms with E-state index >= 15 is 0 Å². The van der Waals surface area contributed by atoms with Gasteiger partial charge in [-0.1, -0.05) is 0 Å². The molecule has 31 heavy (non-hydrogen) atoms. The van der Waals surface area contributed by atoms with Crippen LogP contribution < -0.4 is 10.1 Å². The summed E-state index contributed by atoms with van der Waals surface area (Å²) in [6, 6.07) is 7.14. The number of nitrogens with one attached hydrogen (secondary N) is 1. The van der Waals surface area contributed by atoms with Crippen LogP contribution in [0, 0.1) is 0 Å². The summed E-state index contributed by atoms with van der Waals surface area (Å²) >= 11 is 0. The Morgan fingerprint density at radius 3 is 1.61 bits per heavy atom. The topological polar surface area (TPSA) is 111 Å². The van der Waals surface area contributed by atoms with Crippen LogP contribution in [0.4, 0.5) is 5.69 Å². The molecule has 0 aliphatic heterocycles. The molecule has 1 amide bonds. The van der Waals surface area contributed by atoms with Gasteiger partial charge in [0.1, 0.15) is 19.0 Å². The molecular weight excluding hydrogens is 410 g/mol. The van der Waals surface area contributed by atoms with E-state index in [1.165, 1.54) is 14.0 Å². The summed E-state index contributed by atoms with van der Waals surface area (Å²) in [4.78, 5) is 21.8.